The Morgan fingerprint density at radius 1 is 0.980 bits per heavy atom. The van der Waals surface area contributed by atoms with Gasteiger partial charge in [0.1, 0.15) is 36.2 Å². The van der Waals surface area contributed by atoms with E-state index in [-0.39, 0.29) is 18.9 Å². The number of methoxy groups -OCH3 is 1. The largest absolute Gasteiger partial charge is 0.491 e. The first-order valence-electron chi connectivity index (χ1n) is 18.0. The fourth-order valence-electron chi connectivity index (χ4n) is 7.47. The zero-order valence-electron chi connectivity index (χ0n) is 30.2. The Balaban J connectivity index is 0.000000559. The maximum Gasteiger partial charge on any atom is 0.303 e. The van der Waals surface area contributed by atoms with Gasteiger partial charge in [-0.25, -0.2) is 4.89 Å². The van der Waals surface area contributed by atoms with Crippen LogP contribution in [0.3, 0.4) is 0 Å². The molecule has 9 heteroatoms. The Bertz CT molecular complexity index is 1520. The summed E-state index contributed by atoms with van der Waals surface area (Å²) in [7, 11) is 1.67. The minimum Gasteiger partial charge on any atom is -0.491 e. The van der Waals surface area contributed by atoms with E-state index in [2.05, 4.69) is 20.4 Å². The highest BCUT2D eigenvalue weighted by Gasteiger charge is 2.57. The first-order valence-corrected chi connectivity index (χ1v) is 18.0. The molecule has 2 aliphatic carbocycles. The van der Waals surface area contributed by atoms with Crippen molar-refractivity contribution < 1.29 is 43.4 Å². The monoisotopic (exact) mass is 690 g/mol. The topological polar surface area (TPSA) is 110 Å². The van der Waals surface area contributed by atoms with Crippen molar-refractivity contribution in [1.29, 1.82) is 0 Å². The van der Waals surface area contributed by atoms with Crippen molar-refractivity contribution in [3.05, 3.63) is 72.8 Å². The smallest absolute Gasteiger partial charge is 0.303 e. The third kappa shape index (κ3) is 9.51. The van der Waals surface area contributed by atoms with E-state index in [0.717, 1.165) is 64.3 Å². The molecule has 0 amide bonds. The molecule has 3 aliphatic rings. The summed E-state index contributed by atoms with van der Waals surface area (Å²) >= 11 is 0. The second-order valence-corrected chi connectivity index (χ2v) is 13.1. The van der Waals surface area contributed by atoms with Crippen LogP contribution in [0.5, 0.6) is 17.2 Å². The summed E-state index contributed by atoms with van der Waals surface area (Å²) in [6.45, 7) is 14.4. The number of hydrogen-bond acceptors (Lipinski definition) is 8. The molecule has 6 unspecified atom stereocenters. The molecule has 3 aromatic rings. The average molecular weight is 691 g/mol. The van der Waals surface area contributed by atoms with E-state index in [4.69, 9.17) is 33.8 Å². The number of fused-ring (bicyclic) bond motifs is 4. The zero-order valence-corrected chi connectivity index (χ0v) is 30.2. The van der Waals surface area contributed by atoms with Crippen LogP contribution in [0.15, 0.2) is 67.2 Å². The van der Waals surface area contributed by atoms with Gasteiger partial charge < -0.3 is 28.8 Å². The predicted molar refractivity (Wildman–Crippen MR) is 194 cm³/mol. The van der Waals surface area contributed by atoms with Crippen molar-refractivity contribution in [2.45, 2.75) is 84.5 Å². The summed E-state index contributed by atoms with van der Waals surface area (Å²) in [6.07, 6.45) is 6.15. The lowest BCUT2D eigenvalue weighted by Crippen LogP contribution is -2.59. The molecular weight excluding hydrogens is 636 g/mol. The molecule has 50 heavy (non-hydrogen) atoms. The fraction of sp³-hybridized carbons (Fsp3) is 0.512. The van der Waals surface area contributed by atoms with Gasteiger partial charge in [-0.15, -0.1) is 0 Å². The zero-order chi connectivity index (χ0) is 36.1. The van der Waals surface area contributed by atoms with E-state index >= 15 is 0 Å². The second-order valence-electron chi connectivity index (χ2n) is 13.1. The summed E-state index contributed by atoms with van der Waals surface area (Å²) in [5, 5.41) is 9.87. The predicted octanol–water partition coefficient (Wildman–Crippen LogP) is 9.27. The molecule has 6 atom stereocenters. The van der Waals surface area contributed by atoms with Crippen molar-refractivity contribution in [2.75, 3.05) is 26.9 Å². The maximum absolute atomic E-state index is 9.60. The second kappa shape index (κ2) is 19.0. The van der Waals surface area contributed by atoms with Gasteiger partial charge in [0.15, 0.2) is 0 Å². The van der Waals surface area contributed by atoms with Crippen molar-refractivity contribution in [3.8, 4) is 17.2 Å². The number of benzene rings is 3. The maximum atomic E-state index is 9.60. The number of rotatable bonds is 12. The number of hydrogen-bond donors (Lipinski definition) is 1. The minimum absolute atomic E-state index is 0.0521. The number of aliphatic carboxylic acids is 1. The van der Waals surface area contributed by atoms with Crippen LogP contribution in [-0.2, 0) is 28.8 Å². The first kappa shape index (κ1) is 39.0. The van der Waals surface area contributed by atoms with Gasteiger partial charge in [-0.2, -0.15) is 4.89 Å². The van der Waals surface area contributed by atoms with Crippen LogP contribution in [0.1, 0.15) is 78.2 Å². The highest BCUT2D eigenvalue weighted by Crippen LogP contribution is 2.54. The molecule has 3 fully saturated rings. The normalized spacial score (nSPS) is 25.3. The van der Waals surface area contributed by atoms with Gasteiger partial charge in [0.2, 0.25) is 5.79 Å². The molecule has 1 saturated heterocycles. The number of carbonyl (C=O) groups is 2. The lowest BCUT2D eigenvalue weighted by Gasteiger charge is -2.55. The molecule has 9 nitrogen and oxygen atoms in total. The Hall–Kier alpha value is -3.76. The Morgan fingerprint density at radius 3 is 2.28 bits per heavy atom. The molecule has 6 rings (SSSR count). The van der Waals surface area contributed by atoms with Crippen LogP contribution in [0.25, 0.3) is 16.3 Å². The number of ether oxygens (including phenoxy) is 4. The molecule has 1 heterocycles. The van der Waals surface area contributed by atoms with Crippen LogP contribution in [-0.4, -0.2) is 56.2 Å². The minimum atomic E-state index is -0.924. The molecule has 1 N–H and O–H groups in total. The van der Waals surface area contributed by atoms with Crippen LogP contribution in [0, 0.1) is 23.7 Å². The van der Waals surface area contributed by atoms with Gasteiger partial charge in [0, 0.05) is 36.1 Å². The van der Waals surface area contributed by atoms with Crippen LogP contribution in [0.2, 0.25) is 0 Å². The van der Waals surface area contributed by atoms with Crippen LogP contribution in [0.4, 0.5) is 0 Å². The summed E-state index contributed by atoms with van der Waals surface area (Å²) in [5.74, 6) is 3.02. The molecule has 3 aromatic carbocycles. The van der Waals surface area contributed by atoms with E-state index in [1.807, 2.05) is 74.5 Å². The van der Waals surface area contributed by atoms with Crippen molar-refractivity contribution in [2.24, 2.45) is 23.7 Å². The molecule has 2 saturated carbocycles. The van der Waals surface area contributed by atoms with Crippen molar-refractivity contribution in [1.82, 2.24) is 0 Å². The van der Waals surface area contributed by atoms with Crippen molar-refractivity contribution in [3.63, 3.8) is 0 Å². The standard InChI is InChI=1S/C35H42O6.C4H6O3.C2H6/c1-5-27-20-25-18-23(2)19-28(21-25)35(27)38-22-34(40-41-35)24(3)26-12-14-29(15-13-26)39-33-11-7-8-30-31(33)9-6-10-32(30)37-17-16-36-4;5-3-1-2-4(6)7;1-2/h6-15,23,25,27-28,34H,3,5,16-22H2,1-2,4H3;3H,1-2H2,(H,6,7);1-2H3. The van der Waals surface area contributed by atoms with E-state index in [0.29, 0.717) is 43.9 Å². The van der Waals surface area contributed by atoms with Crippen LogP contribution < -0.4 is 9.47 Å². The highest BCUT2D eigenvalue weighted by atomic mass is 17.2. The quantitative estimate of drug-likeness (QED) is 0.113. The summed E-state index contributed by atoms with van der Waals surface area (Å²) in [4.78, 5) is 31.4. The molecule has 1 aliphatic heterocycles. The summed E-state index contributed by atoms with van der Waals surface area (Å²) in [6, 6.07) is 19.9. The molecule has 0 aromatic heterocycles. The third-order valence-electron chi connectivity index (χ3n) is 9.75. The van der Waals surface area contributed by atoms with Gasteiger partial charge in [-0.1, -0.05) is 70.7 Å². The van der Waals surface area contributed by atoms with Gasteiger partial charge in [-0.05, 0) is 79.3 Å². The first-order chi connectivity index (χ1) is 24.3. The van der Waals surface area contributed by atoms with E-state index in [1.165, 1.54) is 12.8 Å². The van der Waals surface area contributed by atoms with E-state index in [9.17, 15) is 9.59 Å². The molecule has 2 bridgehead atoms. The number of aldehydes is 1. The van der Waals surface area contributed by atoms with Crippen molar-refractivity contribution >= 4 is 28.6 Å². The lowest BCUT2D eigenvalue weighted by molar-refractivity contribution is -0.511. The Kier molecular flexibility index (Phi) is 14.8. The Labute approximate surface area is 296 Å². The molecule has 1 spiro atoms. The third-order valence-corrected chi connectivity index (χ3v) is 9.75. The summed E-state index contributed by atoms with van der Waals surface area (Å²) < 4.78 is 24.0. The van der Waals surface area contributed by atoms with E-state index < -0.39 is 11.8 Å². The summed E-state index contributed by atoms with van der Waals surface area (Å²) in [5.41, 5.74) is 1.81. The van der Waals surface area contributed by atoms with Gasteiger partial charge >= 0.3 is 5.97 Å². The average Bonchev–Trinajstić information content (AvgIpc) is 3.14. The number of carboxylic acids is 1. The fourth-order valence-corrected chi connectivity index (χ4v) is 7.47. The Morgan fingerprint density at radius 2 is 1.68 bits per heavy atom. The van der Waals surface area contributed by atoms with Crippen LogP contribution >= 0.6 is 0 Å². The van der Waals surface area contributed by atoms with Gasteiger partial charge in [0.05, 0.1) is 19.6 Å². The number of carboxylic acid groups (broad SMARTS) is 1. The lowest BCUT2D eigenvalue weighted by atomic mass is 9.61. The highest BCUT2D eigenvalue weighted by molar-refractivity contribution is 5.93. The molecule has 0 radical (unpaired) electrons. The number of carbonyl (C=O) groups excluding carboxylic acids is 1. The van der Waals surface area contributed by atoms with Gasteiger partial charge in [0.25, 0.3) is 0 Å². The van der Waals surface area contributed by atoms with Gasteiger partial charge in [-0.3, -0.25) is 4.79 Å². The van der Waals surface area contributed by atoms with E-state index in [1.54, 1.807) is 7.11 Å². The SMILES string of the molecule is C=C(c1ccc(Oc2cccc3c(OCCOC)cccc23)cc1)C1COC2(OO1)C(CC)CC1CC(C)CC2C1.CC.O=CCCC(=O)O. The molecule has 272 valence electrons. The molecular formula is C41H54O9.